The van der Waals surface area contributed by atoms with Gasteiger partial charge in [-0.1, -0.05) is 50.3 Å². The number of para-hydroxylation sites is 1. The highest BCUT2D eigenvalue weighted by molar-refractivity contribution is 5.84. The zero-order valence-electron chi connectivity index (χ0n) is 16.5. The van der Waals surface area contributed by atoms with Crippen molar-refractivity contribution in [2.24, 2.45) is 0 Å². The summed E-state index contributed by atoms with van der Waals surface area (Å²) in [6.45, 7) is 5.17. The molecule has 1 saturated heterocycles. The Kier molecular flexibility index (Phi) is 4.02. The topological polar surface area (TPSA) is 35.6 Å². The van der Waals surface area contributed by atoms with E-state index in [1.807, 2.05) is 14.1 Å². The molecule has 2 aromatic carbocycles. The SMILES string of the molecule is CN(C)c1ccc(/C=C/[C@@]23NC(=O)CCN2c2ccccc2C3(C)C)cc1. The lowest BCUT2D eigenvalue weighted by Crippen LogP contribution is -2.68. The summed E-state index contributed by atoms with van der Waals surface area (Å²) >= 11 is 0. The molecule has 0 bridgehead atoms. The number of amides is 1. The second-order valence-electron chi connectivity index (χ2n) is 8.18. The fourth-order valence-electron chi connectivity index (χ4n) is 4.42. The molecule has 27 heavy (non-hydrogen) atoms. The van der Waals surface area contributed by atoms with Crippen LogP contribution in [-0.4, -0.2) is 32.2 Å². The first-order chi connectivity index (χ1) is 12.8. The number of benzene rings is 2. The zero-order valence-corrected chi connectivity index (χ0v) is 16.5. The molecule has 4 rings (SSSR count). The maximum absolute atomic E-state index is 12.4. The monoisotopic (exact) mass is 361 g/mol. The van der Waals surface area contributed by atoms with Gasteiger partial charge in [0, 0.05) is 43.9 Å². The predicted molar refractivity (Wildman–Crippen MR) is 112 cm³/mol. The van der Waals surface area contributed by atoms with E-state index in [9.17, 15) is 4.79 Å². The van der Waals surface area contributed by atoms with E-state index in [0.717, 1.165) is 12.1 Å². The third-order valence-corrected chi connectivity index (χ3v) is 6.07. The lowest BCUT2D eigenvalue weighted by Gasteiger charge is -2.49. The number of anilines is 2. The highest BCUT2D eigenvalue weighted by Crippen LogP contribution is 2.52. The first-order valence-corrected chi connectivity index (χ1v) is 9.50. The van der Waals surface area contributed by atoms with E-state index in [1.165, 1.54) is 16.9 Å². The summed E-state index contributed by atoms with van der Waals surface area (Å²) in [4.78, 5) is 16.8. The Labute approximate surface area is 161 Å². The van der Waals surface area contributed by atoms with Gasteiger partial charge >= 0.3 is 0 Å². The van der Waals surface area contributed by atoms with Gasteiger partial charge in [0.05, 0.1) is 0 Å². The van der Waals surface area contributed by atoms with Crippen LogP contribution in [0.25, 0.3) is 6.08 Å². The van der Waals surface area contributed by atoms with E-state index >= 15 is 0 Å². The van der Waals surface area contributed by atoms with Crippen molar-refractivity contribution in [1.29, 1.82) is 0 Å². The molecule has 0 unspecified atom stereocenters. The average Bonchev–Trinajstić information content (AvgIpc) is 2.85. The average molecular weight is 361 g/mol. The standard InChI is InChI=1S/C23H27N3O/c1-22(2)19-7-5-6-8-20(19)26-16-14-21(27)24-23(22,26)15-13-17-9-11-18(12-10-17)25(3)4/h5-13,15H,14,16H2,1-4H3,(H,24,27)/b15-13+/t23-/m1/s1. The molecule has 1 amide bonds. The van der Waals surface area contributed by atoms with Gasteiger partial charge in [-0.3, -0.25) is 4.79 Å². The summed E-state index contributed by atoms with van der Waals surface area (Å²) in [6, 6.07) is 17.0. The molecule has 0 aromatic heterocycles. The van der Waals surface area contributed by atoms with Crippen LogP contribution in [0.4, 0.5) is 11.4 Å². The zero-order chi connectivity index (χ0) is 19.2. The Balaban J connectivity index is 1.77. The van der Waals surface area contributed by atoms with Crippen molar-refractivity contribution in [3.8, 4) is 0 Å². The Morgan fingerprint density at radius 3 is 2.48 bits per heavy atom. The fourth-order valence-corrected chi connectivity index (χ4v) is 4.42. The minimum Gasteiger partial charge on any atom is -0.378 e. The first kappa shape index (κ1) is 17.7. The highest BCUT2D eigenvalue weighted by Gasteiger charge is 2.57. The fraction of sp³-hybridized carbons (Fsp3) is 0.348. The lowest BCUT2D eigenvalue weighted by molar-refractivity contribution is -0.124. The molecule has 4 nitrogen and oxygen atoms in total. The Bertz CT molecular complexity index is 898. The van der Waals surface area contributed by atoms with Crippen molar-refractivity contribution in [3.05, 3.63) is 65.7 Å². The van der Waals surface area contributed by atoms with Crippen molar-refractivity contribution in [1.82, 2.24) is 5.32 Å². The molecule has 0 aliphatic carbocycles. The van der Waals surface area contributed by atoms with Crippen LogP contribution >= 0.6 is 0 Å². The number of carbonyl (C=O) groups excluding carboxylic acids is 1. The van der Waals surface area contributed by atoms with Gasteiger partial charge < -0.3 is 15.1 Å². The Hall–Kier alpha value is -2.75. The summed E-state index contributed by atoms with van der Waals surface area (Å²) in [5.74, 6) is 0.111. The van der Waals surface area contributed by atoms with Crippen LogP contribution in [0.2, 0.25) is 0 Å². The van der Waals surface area contributed by atoms with Crippen molar-refractivity contribution >= 4 is 23.4 Å². The van der Waals surface area contributed by atoms with Crippen LogP contribution in [-0.2, 0) is 10.2 Å². The lowest BCUT2D eigenvalue weighted by atomic mass is 9.74. The summed E-state index contributed by atoms with van der Waals surface area (Å²) in [7, 11) is 4.08. The number of nitrogens with one attached hydrogen (secondary N) is 1. The van der Waals surface area contributed by atoms with Gasteiger partial charge in [0.25, 0.3) is 0 Å². The molecule has 140 valence electrons. The number of nitrogens with zero attached hydrogens (tertiary/aromatic N) is 2. The molecule has 1 fully saturated rings. The maximum Gasteiger partial charge on any atom is 0.223 e. The van der Waals surface area contributed by atoms with E-state index in [1.54, 1.807) is 0 Å². The highest BCUT2D eigenvalue weighted by atomic mass is 16.2. The Morgan fingerprint density at radius 2 is 1.78 bits per heavy atom. The molecule has 1 atom stereocenters. The van der Waals surface area contributed by atoms with Crippen LogP contribution in [0.15, 0.2) is 54.6 Å². The summed E-state index contributed by atoms with van der Waals surface area (Å²) in [5.41, 5.74) is 4.01. The predicted octanol–water partition coefficient (Wildman–Crippen LogP) is 3.78. The van der Waals surface area contributed by atoms with Gasteiger partial charge in [-0.15, -0.1) is 0 Å². The molecule has 1 N–H and O–H groups in total. The second-order valence-corrected chi connectivity index (χ2v) is 8.18. The van der Waals surface area contributed by atoms with Gasteiger partial charge in [-0.25, -0.2) is 0 Å². The molecule has 0 radical (unpaired) electrons. The summed E-state index contributed by atoms with van der Waals surface area (Å²) in [6.07, 6.45) is 4.83. The molecule has 2 aromatic rings. The molecule has 0 saturated carbocycles. The number of hydrogen-bond acceptors (Lipinski definition) is 3. The number of carbonyl (C=O) groups is 1. The van der Waals surface area contributed by atoms with Crippen LogP contribution in [0.3, 0.4) is 0 Å². The molecular weight excluding hydrogens is 334 g/mol. The Morgan fingerprint density at radius 1 is 1.07 bits per heavy atom. The van der Waals surface area contributed by atoms with Gasteiger partial charge in [0.15, 0.2) is 0 Å². The number of rotatable bonds is 3. The van der Waals surface area contributed by atoms with E-state index in [0.29, 0.717) is 6.42 Å². The maximum atomic E-state index is 12.4. The molecule has 2 heterocycles. The molecule has 2 aliphatic heterocycles. The molecule has 4 heteroatoms. The summed E-state index contributed by atoms with van der Waals surface area (Å²) < 4.78 is 0. The summed E-state index contributed by atoms with van der Waals surface area (Å²) in [5, 5.41) is 3.32. The third-order valence-electron chi connectivity index (χ3n) is 6.07. The normalized spacial score (nSPS) is 23.1. The quantitative estimate of drug-likeness (QED) is 0.904. The van der Waals surface area contributed by atoms with Crippen molar-refractivity contribution in [3.63, 3.8) is 0 Å². The van der Waals surface area contributed by atoms with Gasteiger partial charge in [0.1, 0.15) is 5.66 Å². The minimum absolute atomic E-state index is 0.111. The van der Waals surface area contributed by atoms with Crippen LogP contribution < -0.4 is 15.1 Å². The van der Waals surface area contributed by atoms with Crippen LogP contribution in [0, 0.1) is 0 Å². The van der Waals surface area contributed by atoms with Crippen molar-refractivity contribution in [2.45, 2.75) is 31.3 Å². The first-order valence-electron chi connectivity index (χ1n) is 9.50. The van der Waals surface area contributed by atoms with E-state index in [4.69, 9.17) is 0 Å². The van der Waals surface area contributed by atoms with Crippen LogP contribution in [0.1, 0.15) is 31.4 Å². The second kappa shape index (κ2) is 6.15. The number of fused-ring (bicyclic) bond motifs is 3. The van der Waals surface area contributed by atoms with Crippen molar-refractivity contribution < 1.29 is 4.79 Å². The molecular formula is C23H27N3O. The van der Waals surface area contributed by atoms with Gasteiger partial charge in [-0.2, -0.15) is 0 Å². The van der Waals surface area contributed by atoms with E-state index in [-0.39, 0.29) is 11.3 Å². The van der Waals surface area contributed by atoms with E-state index in [2.05, 4.69) is 89.6 Å². The largest absolute Gasteiger partial charge is 0.378 e. The van der Waals surface area contributed by atoms with E-state index < -0.39 is 5.66 Å². The number of hydrogen-bond donors (Lipinski definition) is 1. The van der Waals surface area contributed by atoms with Gasteiger partial charge in [0.2, 0.25) is 5.91 Å². The van der Waals surface area contributed by atoms with Crippen molar-refractivity contribution in [2.75, 3.05) is 30.4 Å². The molecule has 2 aliphatic rings. The third kappa shape index (κ3) is 2.62. The molecule has 0 spiro atoms. The minimum atomic E-state index is -0.549. The van der Waals surface area contributed by atoms with Crippen LogP contribution in [0.5, 0.6) is 0 Å². The smallest absolute Gasteiger partial charge is 0.223 e. The van der Waals surface area contributed by atoms with Gasteiger partial charge in [-0.05, 0) is 35.4 Å².